The second-order valence-electron chi connectivity index (χ2n) is 14.9. The van der Waals surface area contributed by atoms with Crippen LogP contribution in [0, 0.1) is 0 Å². The number of carbonyl (C=O) groups is 6. The maximum Gasteiger partial charge on any atom is 0.482 e. The Kier molecular flexibility index (Phi) is 11.9. The van der Waals surface area contributed by atoms with Gasteiger partial charge in [-0.25, -0.2) is 14.4 Å². The van der Waals surface area contributed by atoms with Crippen LogP contribution in [0.2, 0.25) is 0 Å². The van der Waals surface area contributed by atoms with E-state index in [1.54, 1.807) is 0 Å². The Morgan fingerprint density at radius 2 is 1.19 bits per heavy atom. The number of aliphatic carboxylic acids is 3. The molecule has 270 valence electrons. The summed E-state index contributed by atoms with van der Waals surface area (Å²) in [4.78, 5) is 72.2. The molecule has 0 aromatic carbocycles. The molecular formula is C33H58N6O9+4. The monoisotopic (exact) mass is 682 g/mol. The van der Waals surface area contributed by atoms with Crippen LogP contribution in [-0.4, -0.2) is 166 Å². The van der Waals surface area contributed by atoms with Gasteiger partial charge in [-0.2, -0.15) is 13.4 Å². The highest BCUT2D eigenvalue weighted by Gasteiger charge is 2.97. The van der Waals surface area contributed by atoms with E-state index in [4.69, 9.17) is 5.11 Å². The molecule has 4 fully saturated rings. The highest BCUT2D eigenvalue weighted by Crippen LogP contribution is 2.61. The van der Waals surface area contributed by atoms with Crippen LogP contribution in [0.5, 0.6) is 0 Å². The summed E-state index contributed by atoms with van der Waals surface area (Å²) in [5, 5.41) is 32.8. The number of unbranched alkanes of at least 4 members (excludes halogenated alkanes) is 4. The van der Waals surface area contributed by atoms with Gasteiger partial charge < -0.3 is 26.0 Å². The quantitative estimate of drug-likeness (QED) is 0.0818. The third kappa shape index (κ3) is 6.96. The molecule has 0 aromatic heterocycles. The number of nitrogens with one attached hydrogen (secondary N) is 2. The molecule has 5 N–H and O–H groups in total. The highest BCUT2D eigenvalue weighted by molar-refractivity contribution is 5.84. The average Bonchev–Trinajstić information content (AvgIpc) is 3.65. The Morgan fingerprint density at radius 3 is 1.77 bits per heavy atom. The van der Waals surface area contributed by atoms with Gasteiger partial charge in [-0.05, 0) is 32.6 Å². The summed E-state index contributed by atoms with van der Waals surface area (Å²) in [5.41, 5.74) is 0. The number of carboxylic acids is 3. The second-order valence-corrected chi connectivity index (χ2v) is 14.9. The first kappa shape index (κ1) is 37.7. The summed E-state index contributed by atoms with van der Waals surface area (Å²) in [6.45, 7) is 11.5. The number of carbonyl (C=O) groups excluding carboxylic acids is 3. The van der Waals surface area contributed by atoms with Crippen molar-refractivity contribution < 1.29 is 62.0 Å². The zero-order valence-electron chi connectivity index (χ0n) is 28.9. The van der Waals surface area contributed by atoms with Crippen LogP contribution in [-0.2, 0) is 24.0 Å². The minimum atomic E-state index is -1.24. The first-order chi connectivity index (χ1) is 22.7. The van der Waals surface area contributed by atoms with Crippen LogP contribution in [0.25, 0.3) is 0 Å². The molecule has 4 aliphatic rings. The molecule has 48 heavy (non-hydrogen) atoms. The average molecular weight is 683 g/mol. The van der Waals surface area contributed by atoms with Gasteiger partial charge in [0.05, 0.1) is 13.6 Å². The lowest BCUT2D eigenvalue weighted by Crippen LogP contribution is -2.84. The molecule has 4 rings (SSSR count). The van der Waals surface area contributed by atoms with E-state index < -0.39 is 30.0 Å². The highest BCUT2D eigenvalue weighted by atomic mass is 16.4. The fourth-order valence-corrected chi connectivity index (χ4v) is 10.4. The van der Waals surface area contributed by atoms with Crippen molar-refractivity contribution in [2.45, 2.75) is 89.5 Å². The van der Waals surface area contributed by atoms with E-state index in [0.717, 1.165) is 98.0 Å². The van der Waals surface area contributed by atoms with Gasteiger partial charge in [-0.1, -0.05) is 19.3 Å². The van der Waals surface area contributed by atoms with Gasteiger partial charge in [0, 0.05) is 32.2 Å². The third-order valence-corrected chi connectivity index (χ3v) is 12.2. The molecule has 0 radical (unpaired) electrons. The number of carboxylic acid groups (broad SMARTS) is 3. The summed E-state index contributed by atoms with van der Waals surface area (Å²) in [7, 11) is 2.33. The molecule has 6 atom stereocenters. The van der Waals surface area contributed by atoms with Crippen molar-refractivity contribution in [1.29, 1.82) is 0 Å². The summed E-state index contributed by atoms with van der Waals surface area (Å²) >= 11 is 0. The first-order valence-corrected chi connectivity index (χ1v) is 17.9. The summed E-state index contributed by atoms with van der Waals surface area (Å²) < 4.78 is 3.15. The number of hydrogen-bond donors (Lipinski definition) is 5. The van der Waals surface area contributed by atoms with E-state index in [1.165, 1.54) is 0 Å². The molecule has 4 heterocycles. The molecule has 0 saturated carbocycles. The van der Waals surface area contributed by atoms with E-state index in [-0.39, 0.29) is 56.3 Å². The van der Waals surface area contributed by atoms with Crippen LogP contribution in [0.4, 0.5) is 4.79 Å². The molecule has 1 spiro atoms. The smallest absolute Gasteiger partial charge is 0.481 e. The first-order valence-electron chi connectivity index (χ1n) is 17.9. The SMILES string of the molecule is CC[N@@+]12CC[N+]3(C)CC[N@@+]4(CC(=O)CCCCCCCC(=O)CC[C@H](NC(=O)NCCCC(=O)O)C(=O)O)CC[N+](CC(=O)O)(CC1)[C@@]324. The number of amides is 2. The summed E-state index contributed by atoms with van der Waals surface area (Å²) in [6, 6.07) is -1.92. The van der Waals surface area contributed by atoms with Crippen molar-refractivity contribution in [2.75, 3.05) is 85.6 Å². The Balaban J connectivity index is 1.17. The number of quaternary nitrogens is 4. The van der Waals surface area contributed by atoms with Gasteiger partial charge in [0.25, 0.3) is 0 Å². The van der Waals surface area contributed by atoms with Crippen LogP contribution < -0.4 is 10.6 Å². The molecule has 0 aromatic rings. The number of hydrogen-bond acceptors (Lipinski definition) is 6. The summed E-state index contributed by atoms with van der Waals surface area (Å²) in [6.07, 6.45) is 5.08. The predicted octanol–water partition coefficient (Wildman–Crippen LogP) is 0.920. The van der Waals surface area contributed by atoms with Gasteiger partial charge in [0.1, 0.15) is 64.2 Å². The molecule has 0 aliphatic carbocycles. The van der Waals surface area contributed by atoms with Gasteiger partial charge >= 0.3 is 29.8 Å². The fraction of sp³-hybridized carbons (Fsp3) is 0.818. The Hall–Kier alpha value is -3.14. The minimum Gasteiger partial charge on any atom is -0.481 e. The zero-order valence-corrected chi connectivity index (χ0v) is 28.9. The summed E-state index contributed by atoms with van der Waals surface area (Å²) in [5.74, 6) is -3.05. The largest absolute Gasteiger partial charge is 0.482 e. The van der Waals surface area contributed by atoms with Gasteiger partial charge in [0.15, 0.2) is 18.9 Å². The maximum absolute atomic E-state index is 13.6. The number of Topliss-reactive ketones (excluding diaryl/α,β-unsaturated/α-hetero) is 2. The van der Waals surface area contributed by atoms with Crippen molar-refractivity contribution in [3.8, 4) is 0 Å². The lowest BCUT2D eigenvalue weighted by atomic mass is 10.0. The van der Waals surface area contributed by atoms with Gasteiger partial charge in [0.2, 0.25) is 0 Å². The Morgan fingerprint density at radius 1 is 0.646 bits per heavy atom. The standard InChI is InChI=1S/C33H54N6O9/c1-3-37-18-16-36(2)17-19-38(22-23-39(21-20-37,25-30(44)45)33(36,37)38)24-27(41)11-8-6-4-5-7-10-26(40)13-14-28(31(46)47)35-32(48)34-15-9-12-29(42)43/h28H,3-25H2,1-2H3,(H-4,34,35,42,43,44,45,46,47,48)/p+4/t28-,33-,36?,37+,38-,39?/m0/s1. The number of likely N-dealkylation sites (N-methyl/N-ethyl adjacent to an activating group) is 2. The molecule has 15 heteroatoms. The number of nitrogens with zero attached hydrogens (tertiary/aromatic N) is 4. The topological polar surface area (TPSA) is 187 Å². The van der Waals surface area contributed by atoms with E-state index in [0.29, 0.717) is 30.3 Å². The van der Waals surface area contributed by atoms with Gasteiger partial charge in [-0.15, -0.1) is 4.48 Å². The third-order valence-electron chi connectivity index (χ3n) is 12.2. The molecule has 0 bridgehead atoms. The molecule has 4 saturated heterocycles. The number of urea groups is 1. The number of rotatable bonds is 22. The van der Waals surface area contributed by atoms with Crippen LogP contribution in [0.15, 0.2) is 0 Å². The zero-order chi connectivity index (χ0) is 35.2. The normalized spacial score (nSPS) is 32.0. The Bertz CT molecular complexity index is 1270. The predicted molar refractivity (Wildman–Crippen MR) is 173 cm³/mol. The van der Waals surface area contributed by atoms with E-state index in [9.17, 15) is 39.0 Å². The van der Waals surface area contributed by atoms with Crippen LogP contribution in [0.1, 0.15) is 77.6 Å². The van der Waals surface area contributed by atoms with Crippen molar-refractivity contribution in [3.05, 3.63) is 0 Å². The lowest BCUT2D eigenvalue weighted by molar-refractivity contribution is -1.36. The number of ketones is 2. The van der Waals surface area contributed by atoms with Crippen LogP contribution >= 0.6 is 0 Å². The molecule has 2 unspecified atom stereocenters. The van der Waals surface area contributed by atoms with Crippen LogP contribution in [0.3, 0.4) is 0 Å². The maximum atomic E-state index is 13.6. The van der Waals surface area contributed by atoms with Crippen molar-refractivity contribution >= 4 is 35.5 Å². The van der Waals surface area contributed by atoms with E-state index >= 15 is 0 Å². The molecule has 2 amide bonds. The molecule has 15 nitrogen and oxygen atoms in total. The van der Waals surface area contributed by atoms with Gasteiger partial charge in [-0.3, -0.25) is 14.4 Å². The Labute approximate surface area is 283 Å². The fourth-order valence-electron chi connectivity index (χ4n) is 10.4. The van der Waals surface area contributed by atoms with E-state index in [1.807, 2.05) is 0 Å². The van der Waals surface area contributed by atoms with Crippen molar-refractivity contribution in [2.24, 2.45) is 0 Å². The van der Waals surface area contributed by atoms with Crippen molar-refractivity contribution in [1.82, 2.24) is 10.6 Å². The lowest BCUT2D eigenvalue weighted by Gasteiger charge is -2.49. The second kappa shape index (κ2) is 15.2. The van der Waals surface area contributed by atoms with E-state index in [2.05, 4.69) is 24.6 Å². The molecule has 4 aliphatic heterocycles. The minimum absolute atomic E-state index is 0.0211. The van der Waals surface area contributed by atoms with Crippen molar-refractivity contribution in [3.63, 3.8) is 0 Å². The molecular weight excluding hydrogens is 624 g/mol.